The molecule has 0 saturated heterocycles. The number of carboxylic acids is 1. The molecule has 7 heteroatoms. The van der Waals surface area contributed by atoms with E-state index in [-0.39, 0.29) is 41.8 Å². The van der Waals surface area contributed by atoms with Crippen LogP contribution in [-0.4, -0.2) is 42.6 Å². The van der Waals surface area contributed by atoms with Crippen molar-refractivity contribution in [3.05, 3.63) is 5.56 Å². The van der Waals surface area contributed by atoms with E-state index in [9.17, 15) is 15.0 Å². The second-order valence-corrected chi connectivity index (χ2v) is 6.26. The monoisotopic (exact) mass is 398 g/mol. The van der Waals surface area contributed by atoms with E-state index < -0.39 is 11.7 Å². The number of aromatic carboxylic acids is 1. The van der Waals surface area contributed by atoms with Crippen molar-refractivity contribution in [2.24, 2.45) is 0 Å². The molecule has 28 heavy (non-hydrogen) atoms. The van der Waals surface area contributed by atoms with Crippen LogP contribution < -0.4 is 18.9 Å². The van der Waals surface area contributed by atoms with Crippen LogP contribution in [0.1, 0.15) is 76.6 Å². The maximum absolute atomic E-state index is 11.8. The molecule has 0 radical (unpaired) electrons. The first-order valence-corrected chi connectivity index (χ1v) is 10.2. The van der Waals surface area contributed by atoms with Crippen LogP contribution in [-0.2, 0) is 0 Å². The molecule has 1 aromatic rings. The Balaban J connectivity index is 3.19. The van der Waals surface area contributed by atoms with Gasteiger partial charge in [-0.2, -0.15) is 0 Å². The van der Waals surface area contributed by atoms with Crippen LogP contribution >= 0.6 is 0 Å². The summed E-state index contributed by atoms with van der Waals surface area (Å²) in [6, 6.07) is 0. The summed E-state index contributed by atoms with van der Waals surface area (Å²) in [5.41, 5.74) is -0.383. The minimum absolute atomic E-state index is 0.0142. The molecule has 7 nitrogen and oxygen atoms in total. The highest BCUT2D eigenvalue weighted by atomic mass is 16.6. The van der Waals surface area contributed by atoms with Crippen LogP contribution in [0.4, 0.5) is 0 Å². The SMILES string of the molecule is CCCCCCCCOc1c(O)c(C(=O)O)c(OCC)c(OCC)c1OCC. The minimum Gasteiger partial charge on any atom is -0.503 e. The number of hydrogen-bond acceptors (Lipinski definition) is 6. The highest BCUT2D eigenvalue weighted by Crippen LogP contribution is 2.53. The Bertz CT molecular complexity index is 614. The third-order valence-corrected chi connectivity index (χ3v) is 4.12. The summed E-state index contributed by atoms with van der Waals surface area (Å²) in [5.74, 6) is -1.59. The third-order valence-electron chi connectivity index (χ3n) is 4.12. The number of ether oxygens (including phenoxy) is 4. The van der Waals surface area contributed by atoms with E-state index in [1.807, 2.05) is 0 Å². The number of unbranched alkanes of at least 4 members (excludes halogenated alkanes) is 5. The number of phenols is 1. The van der Waals surface area contributed by atoms with Gasteiger partial charge in [0.05, 0.1) is 26.4 Å². The van der Waals surface area contributed by atoms with Gasteiger partial charge >= 0.3 is 5.97 Å². The number of carbonyl (C=O) groups is 1. The lowest BCUT2D eigenvalue weighted by atomic mass is 10.1. The van der Waals surface area contributed by atoms with Crippen molar-refractivity contribution >= 4 is 5.97 Å². The molecular weight excluding hydrogens is 364 g/mol. The molecule has 1 rings (SSSR count). The van der Waals surface area contributed by atoms with Gasteiger partial charge in [0.1, 0.15) is 0 Å². The van der Waals surface area contributed by atoms with Crippen molar-refractivity contribution in [2.75, 3.05) is 26.4 Å². The molecule has 0 atom stereocenters. The molecule has 0 spiro atoms. The summed E-state index contributed by atoms with van der Waals surface area (Å²) in [6.45, 7) is 8.59. The average Bonchev–Trinajstić information content (AvgIpc) is 2.66. The molecule has 0 aromatic heterocycles. The van der Waals surface area contributed by atoms with Gasteiger partial charge in [0.15, 0.2) is 17.1 Å². The predicted molar refractivity (Wildman–Crippen MR) is 107 cm³/mol. The van der Waals surface area contributed by atoms with E-state index in [1.54, 1.807) is 20.8 Å². The average molecular weight is 398 g/mol. The van der Waals surface area contributed by atoms with Gasteiger partial charge in [-0.3, -0.25) is 0 Å². The van der Waals surface area contributed by atoms with Gasteiger partial charge in [-0.1, -0.05) is 39.0 Å². The Labute approximate surface area is 167 Å². The zero-order valence-corrected chi connectivity index (χ0v) is 17.5. The van der Waals surface area contributed by atoms with Gasteiger partial charge in [0.25, 0.3) is 0 Å². The van der Waals surface area contributed by atoms with Gasteiger partial charge in [0, 0.05) is 0 Å². The third kappa shape index (κ3) is 6.39. The van der Waals surface area contributed by atoms with Crippen molar-refractivity contribution in [2.45, 2.75) is 66.2 Å². The molecule has 2 N–H and O–H groups in total. The number of carboxylic acid groups (broad SMARTS) is 1. The zero-order chi connectivity index (χ0) is 20.9. The summed E-state index contributed by atoms with van der Waals surface area (Å²) in [6.07, 6.45) is 6.52. The normalized spacial score (nSPS) is 10.6. The molecule has 160 valence electrons. The lowest BCUT2D eigenvalue weighted by molar-refractivity contribution is 0.0686. The summed E-state index contributed by atoms with van der Waals surface area (Å²) in [7, 11) is 0. The first-order valence-electron chi connectivity index (χ1n) is 10.2. The molecule has 0 unspecified atom stereocenters. The van der Waals surface area contributed by atoms with Crippen molar-refractivity contribution in [1.82, 2.24) is 0 Å². The first kappa shape index (κ1) is 23.7. The predicted octanol–water partition coefficient (Wildman–Crippen LogP) is 5.03. The number of aromatic hydroxyl groups is 1. The van der Waals surface area contributed by atoms with Crippen LogP contribution in [0, 0.1) is 0 Å². The number of hydrogen-bond donors (Lipinski definition) is 2. The van der Waals surface area contributed by atoms with Gasteiger partial charge in [-0.15, -0.1) is 0 Å². The van der Waals surface area contributed by atoms with Gasteiger partial charge in [-0.05, 0) is 27.2 Å². The topological polar surface area (TPSA) is 94.5 Å². The van der Waals surface area contributed by atoms with Gasteiger partial charge < -0.3 is 29.2 Å². The fourth-order valence-electron chi connectivity index (χ4n) is 2.87. The summed E-state index contributed by atoms with van der Waals surface area (Å²) in [5, 5.41) is 20.2. The lowest BCUT2D eigenvalue weighted by Gasteiger charge is -2.21. The van der Waals surface area contributed by atoms with Crippen LogP contribution in [0.15, 0.2) is 0 Å². The molecule has 0 saturated carbocycles. The van der Waals surface area contributed by atoms with Crippen molar-refractivity contribution in [3.63, 3.8) is 0 Å². The molecule has 0 bridgehead atoms. The molecule has 0 aliphatic rings. The quantitative estimate of drug-likeness (QED) is 0.400. The van der Waals surface area contributed by atoms with Crippen molar-refractivity contribution in [3.8, 4) is 28.7 Å². The molecule has 0 aliphatic heterocycles. The summed E-state index contributed by atoms with van der Waals surface area (Å²) < 4.78 is 22.5. The molecule has 0 heterocycles. The Morgan fingerprint density at radius 1 is 0.714 bits per heavy atom. The van der Waals surface area contributed by atoms with Gasteiger partial charge in [-0.25, -0.2) is 4.79 Å². The molecule has 0 fully saturated rings. The Morgan fingerprint density at radius 2 is 1.21 bits per heavy atom. The second-order valence-electron chi connectivity index (χ2n) is 6.26. The second kappa shape index (κ2) is 13.0. The Morgan fingerprint density at radius 3 is 1.75 bits per heavy atom. The standard InChI is InChI=1S/C21H34O7/c1-5-9-10-11-12-13-14-28-18-16(22)15(21(23)24)17(25-6-2)19(26-7-3)20(18)27-8-4/h22H,5-14H2,1-4H3,(H,23,24). The lowest BCUT2D eigenvalue weighted by Crippen LogP contribution is -2.11. The Kier molecular flexibility index (Phi) is 11.0. The van der Waals surface area contributed by atoms with E-state index in [1.165, 1.54) is 19.3 Å². The van der Waals surface area contributed by atoms with E-state index in [4.69, 9.17) is 18.9 Å². The minimum atomic E-state index is -1.32. The zero-order valence-electron chi connectivity index (χ0n) is 17.5. The maximum atomic E-state index is 11.8. The van der Waals surface area contributed by atoms with Gasteiger partial charge in [0.2, 0.25) is 17.2 Å². The van der Waals surface area contributed by atoms with Crippen LogP contribution in [0.25, 0.3) is 0 Å². The van der Waals surface area contributed by atoms with Crippen LogP contribution in [0.5, 0.6) is 28.7 Å². The highest BCUT2D eigenvalue weighted by molar-refractivity contribution is 5.97. The highest BCUT2D eigenvalue weighted by Gasteiger charge is 2.32. The first-order chi connectivity index (χ1) is 13.5. The molecule has 0 aliphatic carbocycles. The van der Waals surface area contributed by atoms with Crippen LogP contribution in [0.3, 0.4) is 0 Å². The summed E-state index contributed by atoms with van der Waals surface area (Å²) in [4.78, 5) is 11.8. The molecule has 1 aromatic carbocycles. The van der Waals surface area contributed by atoms with Crippen molar-refractivity contribution in [1.29, 1.82) is 0 Å². The van der Waals surface area contributed by atoms with E-state index in [2.05, 4.69) is 6.92 Å². The number of rotatable bonds is 15. The van der Waals surface area contributed by atoms with E-state index >= 15 is 0 Å². The maximum Gasteiger partial charge on any atom is 0.343 e. The molecular formula is C21H34O7. The largest absolute Gasteiger partial charge is 0.503 e. The van der Waals surface area contributed by atoms with Crippen LogP contribution in [0.2, 0.25) is 0 Å². The van der Waals surface area contributed by atoms with E-state index in [0.717, 1.165) is 19.3 Å². The fourth-order valence-corrected chi connectivity index (χ4v) is 2.87. The number of benzene rings is 1. The van der Waals surface area contributed by atoms with E-state index in [0.29, 0.717) is 13.2 Å². The van der Waals surface area contributed by atoms with Crippen molar-refractivity contribution < 1.29 is 34.0 Å². The molecule has 0 amide bonds. The summed E-state index contributed by atoms with van der Waals surface area (Å²) >= 11 is 0. The fraction of sp³-hybridized carbons (Fsp3) is 0.667. The smallest absolute Gasteiger partial charge is 0.343 e. The Hall–Kier alpha value is -2.31.